The van der Waals surface area contributed by atoms with Crippen LogP contribution in [0.25, 0.3) is 0 Å². The van der Waals surface area contributed by atoms with Gasteiger partial charge in [0.1, 0.15) is 5.82 Å². The lowest BCUT2D eigenvalue weighted by molar-refractivity contribution is 0.321. The highest BCUT2D eigenvalue weighted by Crippen LogP contribution is 2.29. The van der Waals surface area contributed by atoms with Gasteiger partial charge in [-0.2, -0.15) is 0 Å². The summed E-state index contributed by atoms with van der Waals surface area (Å²) in [5, 5.41) is 3.58. The van der Waals surface area contributed by atoms with Gasteiger partial charge in [-0.3, -0.25) is 0 Å². The Labute approximate surface area is 110 Å². The number of hydrogen-bond acceptors (Lipinski definition) is 3. The Balaban J connectivity index is 1.64. The van der Waals surface area contributed by atoms with E-state index in [9.17, 15) is 0 Å². The Morgan fingerprint density at radius 3 is 2.83 bits per heavy atom. The minimum atomic E-state index is 0.759. The minimum absolute atomic E-state index is 0.759. The molecule has 1 heterocycles. The largest absolute Gasteiger partial charge is 0.359 e. The minimum Gasteiger partial charge on any atom is -0.359 e. The third-order valence-corrected chi connectivity index (χ3v) is 4.14. The van der Waals surface area contributed by atoms with Gasteiger partial charge in [-0.1, -0.05) is 12.5 Å². The first-order valence-corrected chi connectivity index (χ1v) is 7.21. The van der Waals surface area contributed by atoms with Crippen molar-refractivity contribution in [2.45, 2.75) is 44.7 Å². The second-order valence-electron chi connectivity index (χ2n) is 5.82. The molecule has 0 bridgehead atoms. The van der Waals surface area contributed by atoms with Gasteiger partial charge in [0.05, 0.1) is 0 Å². The lowest BCUT2D eigenvalue weighted by Crippen LogP contribution is -2.31. The smallest absolute Gasteiger partial charge is 0.132 e. The summed E-state index contributed by atoms with van der Waals surface area (Å²) in [6.07, 6.45) is 8.80. The maximum absolute atomic E-state index is 4.57. The summed E-state index contributed by atoms with van der Waals surface area (Å²) in [6.45, 7) is 2.12. The molecule has 2 saturated carbocycles. The zero-order chi connectivity index (χ0) is 12.4. The van der Waals surface area contributed by atoms with Crippen molar-refractivity contribution < 1.29 is 0 Å². The van der Waals surface area contributed by atoms with Crippen LogP contribution >= 0.6 is 0 Å². The van der Waals surface area contributed by atoms with Crippen molar-refractivity contribution in [3.05, 3.63) is 23.9 Å². The van der Waals surface area contributed by atoms with Gasteiger partial charge in [0, 0.05) is 37.9 Å². The van der Waals surface area contributed by atoms with Crippen molar-refractivity contribution in [3.8, 4) is 0 Å². The second-order valence-corrected chi connectivity index (χ2v) is 5.82. The van der Waals surface area contributed by atoms with Crippen LogP contribution in [-0.2, 0) is 6.54 Å². The highest BCUT2D eigenvalue weighted by atomic mass is 15.2. The first-order valence-electron chi connectivity index (χ1n) is 7.21. The molecular formula is C15H23N3. The van der Waals surface area contributed by atoms with Crippen molar-refractivity contribution in [2.75, 3.05) is 18.5 Å². The van der Waals surface area contributed by atoms with E-state index in [1.807, 2.05) is 12.3 Å². The van der Waals surface area contributed by atoms with Gasteiger partial charge in [-0.05, 0) is 37.7 Å². The van der Waals surface area contributed by atoms with E-state index < -0.39 is 0 Å². The summed E-state index contributed by atoms with van der Waals surface area (Å²) in [4.78, 5) is 6.92. The van der Waals surface area contributed by atoms with Gasteiger partial charge in [-0.15, -0.1) is 0 Å². The third-order valence-electron chi connectivity index (χ3n) is 4.14. The van der Waals surface area contributed by atoms with E-state index in [0.717, 1.165) is 30.9 Å². The van der Waals surface area contributed by atoms with Crippen molar-refractivity contribution in [3.63, 3.8) is 0 Å². The molecule has 0 saturated heterocycles. The quantitative estimate of drug-likeness (QED) is 0.835. The molecule has 0 radical (unpaired) electrons. The Morgan fingerprint density at radius 1 is 1.33 bits per heavy atom. The summed E-state index contributed by atoms with van der Waals surface area (Å²) in [5.74, 6) is 2.05. The molecule has 18 heavy (non-hydrogen) atoms. The number of aromatic nitrogens is 1. The van der Waals surface area contributed by atoms with Crippen LogP contribution in [0.4, 0.5) is 5.82 Å². The molecule has 0 aliphatic heterocycles. The molecule has 0 aromatic carbocycles. The summed E-state index contributed by atoms with van der Waals surface area (Å²) < 4.78 is 0. The van der Waals surface area contributed by atoms with Gasteiger partial charge in [0.2, 0.25) is 0 Å². The zero-order valence-corrected chi connectivity index (χ0v) is 11.2. The molecule has 3 rings (SSSR count). The predicted molar refractivity (Wildman–Crippen MR) is 74.7 cm³/mol. The number of nitrogens with zero attached hydrogens (tertiary/aromatic N) is 2. The average molecular weight is 245 g/mol. The van der Waals surface area contributed by atoms with Crippen molar-refractivity contribution >= 4 is 5.82 Å². The normalized spacial score (nSPS) is 19.6. The van der Waals surface area contributed by atoms with Crippen LogP contribution in [0.15, 0.2) is 18.3 Å². The van der Waals surface area contributed by atoms with Crippen LogP contribution in [0.5, 0.6) is 0 Å². The van der Waals surface area contributed by atoms with Crippen LogP contribution in [0.2, 0.25) is 0 Å². The Morgan fingerprint density at radius 2 is 2.17 bits per heavy atom. The molecule has 2 fully saturated rings. The van der Waals surface area contributed by atoms with Crippen LogP contribution in [0.1, 0.15) is 37.7 Å². The monoisotopic (exact) mass is 245 g/mol. The van der Waals surface area contributed by atoms with E-state index >= 15 is 0 Å². The number of nitrogens with one attached hydrogen (secondary N) is 1. The molecule has 0 unspecified atom stereocenters. The van der Waals surface area contributed by atoms with Crippen LogP contribution in [0, 0.1) is 5.92 Å². The fourth-order valence-corrected chi connectivity index (χ4v) is 2.60. The molecule has 0 spiro atoms. The Hall–Kier alpha value is -1.09. The molecular weight excluding hydrogens is 222 g/mol. The number of anilines is 1. The fraction of sp³-hybridized carbons (Fsp3) is 0.667. The maximum atomic E-state index is 4.57. The van der Waals surface area contributed by atoms with Gasteiger partial charge >= 0.3 is 0 Å². The first kappa shape index (κ1) is 12.0. The molecule has 0 atom stereocenters. The summed E-state index contributed by atoms with van der Waals surface area (Å²) in [6, 6.07) is 5.01. The molecule has 2 aliphatic rings. The van der Waals surface area contributed by atoms with Crippen molar-refractivity contribution in [2.24, 2.45) is 5.92 Å². The van der Waals surface area contributed by atoms with Crippen LogP contribution < -0.4 is 10.2 Å². The number of pyridine rings is 1. The Kier molecular flexibility index (Phi) is 3.50. The van der Waals surface area contributed by atoms with E-state index in [-0.39, 0.29) is 0 Å². The lowest BCUT2D eigenvalue weighted by atomic mass is 9.85. The van der Waals surface area contributed by atoms with Gasteiger partial charge in [0.25, 0.3) is 0 Å². The summed E-state index contributed by atoms with van der Waals surface area (Å²) in [7, 11) is 2.18. The average Bonchev–Trinajstić information content (AvgIpc) is 3.15. The van der Waals surface area contributed by atoms with E-state index in [2.05, 4.69) is 28.3 Å². The number of hydrogen-bond donors (Lipinski definition) is 1. The molecule has 98 valence electrons. The molecule has 1 N–H and O–H groups in total. The predicted octanol–water partition coefficient (Wildman–Crippen LogP) is 2.57. The standard InChI is InChI=1S/C15H23N3/c1-18(11-12-4-2-5-12)15-13(6-3-9-16-15)10-17-14-7-8-14/h3,6,9,12,14,17H,2,4-5,7-8,10-11H2,1H3. The molecule has 3 heteroatoms. The van der Waals surface area contributed by atoms with Crippen molar-refractivity contribution in [1.82, 2.24) is 10.3 Å². The first-order chi connectivity index (χ1) is 8.83. The SMILES string of the molecule is CN(CC1CCC1)c1ncccc1CNC1CC1. The Bertz CT molecular complexity index is 396. The van der Waals surface area contributed by atoms with Crippen LogP contribution in [0.3, 0.4) is 0 Å². The number of rotatable bonds is 6. The zero-order valence-electron chi connectivity index (χ0n) is 11.2. The highest BCUT2D eigenvalue weighted by molar-refractivity contribution is 5.46. The third kappa shape index (κ3) is 2.83. The van der Waals surface area contributed by atoms with E-state index in [0.29, 0.717) is 0 Å². The second kappa shape index (κ2) is 5.27. The van der Waals surface area contributed by atoms with Gasteiger partial charge < -0.3 is 10.2 Å². The summed E-state index contributed by atoms with van der Waals surface area (Å²) >= 11 is 0. The molecule has 3 nitrogen and oxygen atoms in total. The van der Waals surface area contributed by atoms with Gasteiger partial charge in [0.15, 0.2) is 0 Å². The molecule has 2 aliphatic carbocycles. The molecule has 1 aromatic heterocycles. The van der Waals surface area contributed by atoms with E-state index in [1.165, 1.54) is 37.7 Å². The molecule has 0 amide bonds. The topological polar surface area (TPSA) is 28.2 Å². The van der Waals surface area contributed by atoms with Gasteiger partial charge in [-0.25, -0.2) is 4.98 Å². The maximum Gasteiger partial charge on any atom is 0.132 e. The molecule has 1 aromatic rings. The fourth-order valence-electron chi connectivity index (χ4n) is 2.60. The lowest BCUT2D eigenvalue weighted by Gasteiger charge is -2.31. The van der Waals surface area contributed by atoms with E-state index in [1.54, 1.807) is 0 Å². The van der Waals surface area contributed by atoms with E-state index in [4.69, 9.17) is 0 Å². The van der Waals surface area contributed by atoms with Crippen molar-refractivity contribution in [1.29, 1.82) is 0 Å². The van der Waals surface area contributed by atoms with Crippen LogP contribution in [-0.4, -0.2) is 24.6 Å². The highest BCUT2D eigenvalue weighted by Gasteiger charge is 2.22. The summed E-state index contributed by atoms with van der Waals surface area (Å²) in [5.41, 5.74) is 1.34.